The van der Waals surface area contributed by atoms with Crippen molar-refractivity contribution < 1.29 is 0 Å². The van der Waals surface area contributed by atoms with Crippen molar-refractivity contribution in [3.05, 3.63) is 35.9 Å². The van der Waals surface area contributed by atoms with Gasteiger partial charge < -0.3 is 0 Å². The lowest BCUT2D eigenvalue weighted by Gasteiger charge is -2.14. The molecular formula is C12H16. The predicted octanol–water partition coefficient (Wildman–Crippen LogP) is 3.37. The summed E-state index contributed by atoms with van der Waals surface area (Å²) < 4.78 is 0. The summed E-state index contributed by atoms with van der Waals surface area (Å²) in [5.74, 6) is 0. The molecular weight excluding hydrogens is 144 g/mol. The van der Waals surface area contributed by atoms with E-state index in [0.717, 1.165) is 0 Å². The first kappa shape index (κ1) is 7.85. The summed E-state index contributed by atoms with van der Waals surface area (Å²) >= 11 is 0. The molecule has 0 N–H and O–H groups in total. The molecule has 0 spiro atoms. The van der Waals surface area contributed by atoms with E-state index >= 15 is 0 Å². The zero-order valence-corrected chi connectivity index (χ0v) is 8.09. The molecule has 0 bridgehead atoms. The van der Waals surface area contributed by atoms with Crippen LogP contribution in [0.5, 0.6) is 0 Å². The minimum absolute atomic E-state index is 0.439. The molecule has 0 unspecified atom stereocenters. The fourth-order valence-corrected chi connectivity index (χ4v) is 2.14. The second-order valence-corrected chi connectivity index (χ2v) is 4.76. The van der Waals surface area contributed by atoms with Gasteiger partial charge in [0.15, 0.2) is 0 Å². The molecule has 12 heavy (non-hydrogen) atoms. The average molecular weight is 160 g/mol. The molecule has 0 heterocycles. The molecule has 0 amide bonds. The van der Waals surface area contributed by atoms with Crippen LogP contribution < -0.4 is 0 Å². The van der Waals surface area contributed by atoms with Gasteiger partial charge in [0.05, 0.1) is 0 Å². The van der Waals surface area contributed by atoms with E-state index in [0.29, 0.717) is 10.8 Å². The van der Waals surface area contributed by atoms with Crippen LogP contribution in [-0.2, 0) is 5.41 Å². The molecule has 1 atom stereocenters. The molecule has 1 aromatic carbocycles. The van der Waals surface area contributed by atoms with E-state index in [-0.39, 0.29) is 0 Å². The quantitative estimate of drug-likeness (QED) is 0.591. The zero-order chi connectivity index (χ0) is 8.82. The van der Waals surface area contributed by atoms with E-state index in [9.17, 15) is 0 Å². The van der Waals surface area contributed by atoms with Crippen LogP contribution >= 0.6 is 0 Å². The number of rotatable bonds is 1. The van der Waals surface area contributed by atoms with E-state index in [2.05, 4.69) is 51.1 Å². The first-order valence-corrected chi connectivity index (χ1v) is 4.62. The fraction of sp³-hybridized carbons (Fsp3) is 0.500. The van der Waals surface area contributed by atoms with Crippen LogP contribution in [0.25, 0.3) is 0 Å². The zero-order valence-electron chi connectivity index (χ0n) is 8.09. The number of hydrogen-bond donors (Lipinski definition) is 0. The Hall–Kier alpha value is -0.780. The molecule has 0 nitrogen and oxygen atoms in total. The van der Waals surface area contributed by atoms with E-state index in [1.807, 2.05) is 0 Å². The summed E-state index contributed by atoms with van der Waals surface area (Å²) in [6.45, 7) is 7.06. The topological polar surface area (TPSA) is 0 Å². The molecule has 1 aromatic rings. The number of hydrogen-bond acceptors (Lipinski definition) is 0. The van der Waals surface area contributed by atoms with Gasteiger partial charge in [-0.2, -0.15) is 0 Å². The summed E-state index contributed by atoms with van der Waals surface area (Å²) in [7, 11) is 0. The van der Waals surface area contributed by atoms with E-state index in [4.69, 9.17) is 0 Å². The highest BCUT2D eigenvalue weighted by Crippen LogP contribution is 2.63. The lowest BCUT2D eigenvalue weighted by Crippen LogP contribution is -2.08. The van der Waals surface area contributed by atoms with Gasteiger partial charge in [0, 0.05) is 0 Å². The molecule has 0 heteroatoms. The highest BCUT2D eigenvalue weighted by molar-refractivity contribution is 5.35. The summed E-state index contributed by atoms with van der Waals surface area (Å²) in [5, 5.41) is 0. The van der Waals surface area contributed by atoms with Gasteiger partial charge >= 0.3 is 0 Å². The minimum atomic E-state index is 0.439. The summed E-state index contributed by atoms with van der Waals surface area (Å²) in [4.78, 5) is 0. The second-order valence-electron chi connectivity index (χ2n) is 4.76. The van der Waals surface area contributed by atoms with Crippen molar-refractivity contribution in [2.75, 3.05) is 0 Å². The van der Waals surface area contributed by atoms with E-state index < -0.39 is 0 Å². The Balaban J connectivity index is 2.35. The third-order valence-electron chi connectivity index (χ3n) is 3.58. The molecule has 0 aromatic heterocycles. The maximum absolute atomic E-state index is 2.36. The fourth-order valence-electron chi connectivity index (χ4n) is 2.14. The van der Waals surface area contributed by atoms with Crippen molar-refractivity contribution in [1.29, 1.82) is 0 Å². The van der Waals surface area contributed by atoms with Gasteiger partial charge in [-0.1, -0.05) is 51.1 Å². The average Bonchev–Trinajstić information content (AvgIpc) is 2.55. The van der Waals surface area contributed by atoms with E-state index in [1.165, 1.54) is 12.0 Å². The van der Waals surface area contributed by atoms with Crippen LogP contribution in [-0.4, -0.2) is 0 Å². The van der Waals surface area contributed by atoms with Gasteiger partial charge in [0.1, 0.15) is 0 Å². The molecule has 1 saturated carbocycles. The first-order valence-electron chi connectivity index (χ1n) is 4.62. The first-order chi connectivity index (χ1) is 5.56. The standard InChI is InChI=1S/C12H16/c1-11(2)9-12(11,3)10-7-5-4-6-8-10/h4-8H,9H2,1-3H3/t12-/m0/s1. The van der Waals surface area contributed by atoms with Gasteiger partial charge in [0.25, 0.3) is 0 Å². The van der Waals surface area contributed by atoms with Crippen LogP contribution in [0.4, 0.5) is 0 Å². The molecule has 0 aliphatic heterocycles. The van der Waals surface area contributed by atoms with E-state index in [1.54, 1.807) is 0 Å². The Kier molecular flexibility index (Phi) is 1.39. The van der Waals surface area contributed by atoms with Crippen LogP contribution in [0, 0.1) is 5.41 Å². The van der Waals surface area contributed by atoms with Crippen LogP contribution in [0.1, 0.15) is 32.8 Å². The minimum Gasteiger partial charge on any atom is -0.0622 e. The Morgan fingerprint density at radius 2 is 1.50 bits per heavy atom. The van der Waals surface area contributed by atoms with Crippen molar-refractivity contribution in [3.8, 4) is 0 Å². The van der Waals surface area contributed by atoms with Crippen molar-refractivity contribution >= 4 is 0 Å². The molecule has 1 aliphatic rings. The third-order valence-corrected chi connectivity index (χ3v) is 3.58. The van der Waals surface area contributed by atoms with Gasteiger partial charge in [0.2, 0.25) is 0 Å². The second kappa shape index (κ2) is 2.12. The van der Waals surface area contributed by atoms with Crippen molar-refractivity contribution in [1.82, 2.24) is 0 Å². The van der Waals surface area contributed by atoms with Crippen molar-refractivity contribution in [2.45, 2.75) is 32.6 Å². The normalized spacial score (nSPS) is 31.6. The maximum atomic E-state index is 2.36. The highest BCUT2D eigenvalue weighted by atomic mass is 14.6. The third kappa shape index (κ3) is 0.906. The molecule has 1 fully saturated rings. The SMILES string of the molecule is CC1(C)C[C@@]1(C)c1ccccc1. The van der Waals surface area contributed by atoms with Gasteiger partial charge in [-0.25, -0.2) is 0 Å². The Morgan fingerprint density at radius 3 is 1.92 bits per heavy atom. The van der Waals surface area contributed by atoms with Gasteiger partial charge in [-0.05, 0) is 22.8 Å². The Bertz CT molecular complexity index is 284. The number of benzene rings is 1. The molecule has 2 rings (SSSR count). The highest BCUT2D eigenvalue weighted by Gasteiger charge is 2.57. The maximum Gasteiger partial charge on any atom is -0.00184 e. The Labute approximate surface area is 74.6 Å². The van der Waals surface area contributed by atoms with Gasteiger partial charge in [-0.3, -0.25) is 0 Å². The lowest BCUT2D eigenvalue weighted by molar-refractivity contribution is 0.528. The van der Waals surface area contributed by atoms with Crippen molar-refractivity contribution in [3.63, 3.8) is 0 Å². The van der Waals surface area contributed by atoms with Crippen LogP contribution in [0.2, 0.25) is 0 Å². The molecule has 0 radical (unpaired) electrons. The largest absolute Gasteiger partial charge is 0.0622 e. The van der Waals surface area contributed by atoms with Crippen LogP contribution in [0.15, 0.2) is 30.3 Å². The predicted molar refractivity (Wildman–Crippen MR) is 52.2 cm³/mol. The van der Waals surface area contributed by atoms with Crippen molar-refractivity contribution in [2.24, 2.45) is 5.41 Å². The molecule has 0 saturated heterocycles. The summed E-state index contributed by atoms with van der Waals surface area (Å²) in [6.07, 6.45) is 1.32. The molecule has 64 valence electrons. The van der Waals surface area contributed by atoms with Gasteiger partial charge in [-0.15, -0.1) is 0 Å². The summed E-state index contributed by atoms with van der Waals surface area (Å²) in [6, 6.07) is 10.8. The monoisotopic (exact) mass is 160 g/mol. The summed E-state index contributed by atoms with van der Waals surface area (Å²) in [5.41, 5.74) is 2.44. The smallest absolute Gasteiger partial charge is 0.00184 e. The molecule has 1 aliphatic carbocycles. The van der Waals surface area contributed by atoms with Crippen LogP contribution in [0.3, 0.4) is 0 Å². The Morgan fingerprint density at radius 1 is 1.00 bits per heavy atom. The lowest BCUT2D eigenvalue weighted by atomic mass is 9.90.